The smallest absolute Gasteiger partial charge is 0.0628 e. The highest BCUT2D eigenvalue weighted by Crippen LogP contribution is 2.13. The average Bonchev–Trinajstić information content (AvgIpc) is 2.25. The summed E-state index contributed by atoms with van der Waals surface area (Å²) in [6.45, 7) is 4.92. The molecule has 2 N–H and O–H groups in total. The summed E-state index contributed by atoms with van der Waals surface area (Å²) in [7, 11) is 1.98. The van der Waals surface area contributed by atoms with E-state index in [1.165, 1.54) is 11.3 Å². The van der Waals surface area contributed by atoms with Crippen LogP contribution in [-0.4, -0.2) is 16.3 Å². The van der Waals surface area contributed by atoms with Crippen LogP contribution in [0.3, 0.4) is 0 Å². The molecule has 68 valence electrons. The minimum atomic E-state index is 0.758. The van der Waals surface area contributed by atoms with E-state index in [1.807, 2.05) is 11.7 Å². The van der Waals surface area contributed by atoms with Crippen LogP contribution in [0.2, 0.25) is 0 Å². The molecule has 0 aliphatic heterocycles. The summed E-state index contributed by atoms with van der Waals surface area (Å²) in [6.07, 6.45) is 2.11. The normalized spacial score (nSPS) is 10.7. The van der Waals surface area contributed by atoms with Crippen molar-refractivity contribution in [2.45, 2.75) is 26.7 Å². The molecule has 0 aromatic carbocycles. The van der Waals surface area contributed by atoms with Gasteiger partial charge in [-0.1, -0.05) is 0 Å². The number of nitrogens with zero attached hydrogens (tertiary/aromatic N) is 2. The quantitative estimate of drug-likeness (QED) is 0.727. The van der Waals surface area contributed by atoms with Crippen LogP contribution in [-0.2, 0) is 13.5 Å². The summed E-state index contributed by atoms with van der Waals surface area (Å²) in [4.78, 5) is 0. The Hall–Kier alpha value is -0.830. The molecule has 0 atom stereocenters. The number of rotatable bonds is 3. The predicted octanol–water partition coefficient (Wildman–Crippen LogP) is 0.928. The average molecular weight is 167 g/mol. The number of aromatic nitrogens is 2. The minimum absolute atomic E-state index is 0.758. The lowest BCUT2D eigenvalue weighted by molar-refractivity contribution is 0.728. The van der Waals surface area contributed by atoms with Crippen molar-refractivity contribution in [2.75, 3.05) is 6.54 Å². The molecule has 0 spiro atoms. The van der Waals surface area contributed by atoms with Gasteiger partial charge in [0.25, 0.3) is 0 Å². The van der Waals surface area contributed by atoms with Crippen molar-refractivity contribution in [2.24, 2.45) is 12.8 Å². The molecule has 0 unspecified atom stereocenters. The van der Waals surface area contributed by atoms with E-state index in [4.69, 9.17) is 5.73 Å². The second kappa shape index (κ2) is 3.72. The molecule has 1 aromatic rings. The van der Waals surface area contributed by atoms with Crippen molar-refractivity contribution in [1.29, 1.82) is 0 Å². The van der Waals surface area contributed by atoms with Crippen molar-refractivity contribution in [3.8, 4) is 0 Å². The number of hydrogen-bond donors (Lipinski definition) is 1. The van der Waals surface area contributed by atoms with Gasteiger partial charge in [0.1, 0.15) is 0 Å². The highest BCUT2D eigenvalue weighted by molar-refractivity contribution is 5.24. The highest BCUT2D eigenvalue weighted by atomic mass is 15.3. The summed E-state index contributed by atoms with van der Waals surface area (Å²) in [5, 5.41) is 4.34. The summed E-state index contributed by atoms with van der Waals surface area (Å²) in [5.74, 6) is 0. The fraction of sp³-hybridized carbons (Fsp3) is 0.667. The van der Waals surface area contributed by atoms with Crippen LogP contribution in [0.5, 0.6) is 0 Å². The summed E-state index contributed by atoms with van der Waals surface area (Å²) in [5.41, 5.74) is 9.23. The third kappa shape index (κ3) is 1.67. The molecule has 1 rings (SSSR count). The van der Waals surface area contributed by atoms with Crippen molar-refractivity contribution in [3.05, 3.63) is 17.0 Å². The lowest BCUT2D eigenvalue weighted by Crippen LogP contribution is -2.01. The van der Waals surface area contributed by atoms with Crippen LogP contribution in [0.1, 0.15) is 23.4 Å². The molecule has 0 bridgehead atoms. The van der Waals surface area contributed by atoms with E-state index < -0.39 is 0 Å². The maximum atomic E-state index is 5.46. The maximum Gasteiger partial charge on any atom is 0.0628 e. The second-order valence-corrected chi connectivity index (χ2v) is 3.17. The van der Waals surface area contributed by atoms with Gasteiger partial charge >= 0.3 is 0 Å². The van der Waals surface area contributed by atoms with Crippen LogP contribution < -0.4 is 5.73 Å². The SMILES string of the molecule is Cc1nn(C)c(C)c1CCCN. The molecule has 3 nitrogen and oxygen atoms in total. The van der Waals surface area contributed by atoms with Gasteiger partial charge in [0, 0.05) is 12.7 Å². The minimum Gasteiger partial charge on any atom is -0.330 e. The number of nitrogens with two attached hydrogens (primary N) is 1. The van der Waals surface area contributed by atoms with Crippen LogP contribution in [0.4, 0.5) is 0 Å². The Morgan fingerprint density at radius 2 is 2.08 bits per heavy atom. The third-order valence-corrected chi connectivity index (χ3v) is 2.29. The van der Waals surface area contributed by atoms with Crippen molar-refractivity contribution >= 4 is 0 Å². The molecule has 0 amide bonds. The molecule has 0 saturated heterocycles. The van der Waals surface area contributed by atoms with Gasteiger partial charge in [-0.15, -0.1) is 0 Å². The molecule has 3 heteroatoms. The Labute approximate surface area is 73.6 Å². The van der Waals surface area contributed by atoms with E-state index >= 15 is 0 Å². The number of aryl methyl sites for hydroxylation is 2. The van der Waals surface area contributed by atoms with Gasteiger partial charge in [-0.2, -0.15) is 5.10 Å². The Kier molecular flexibility index (Phi) is 2.87. The van der Waals surface area contributed by atoms with Gasteiger partial charge in [-0.25, -0.2) is 0 Å². The zero-order valence-corrected chi connectivity index (χ0v) is 8.09. The first kappa shape index (κ1) is 9.26. The predicted molar refractivity (Wildman–Crippen MR) is 50.1 cm³/mol. The maximum absolute atomic E-state index is 5.46. The monoisotopic (exact) mass is 167 g/mol. The van der Waals surface area contributed by atoms with Gasteiger partial charge in [-0.3, -0.25) is 4.68 Å². The Morgan fingerprint density at radius 1 is 1.42 bits per heavy atom. The van der Waals surface area contributed by atoms with Gasteiger partial charge in [-0.05, 0) is 38.8 Å². The molecule has 0 aliphatic carbocycles. The Balaban J connectivity index is 2.82. The van der Waals surface area contributed by atoms with Crippen molar-refractivity contribution < 1.29 is 0 Å². The summed E-state index contributed by atoms with van der Waals surface area (Å²) in [6, 6.07) is 0. The highest BCUT2D eigenvalue weighted by Gasteiger charge is 2.07. The first-order valence-electron chi connectivity index (χ1n) is 4.36. The Morgan fingerprint density at radius 3 is 2.50 bits per heavy atom. The number of hydrogen-bond acceptors (Lipinski definition) is 2. The molecule has 0 aliphatic rings. The lowest BCUT2D eigenvalue weighted by Gasteiger charge is -1.99. The molecule has 0 saturated carbocycles. The second-order valence-electron chi connectivity index (χ2n) is 3.17. The van der Waals surface area contributed by atoms with E-state index in [1.54, 1.807) is 0 Å². The molecule has 12 heavy (non-hydrogen) atoms. The van der Waals surface area contributed by atoms with Gasteiger partial charge < -0.3 is 5.73 Å². The van der Waals surface area contributed by atoms with E-state index in [9.17, 15) is 0 Å². The van der Waals surface area contributed by atoms with E-state index in [-0.39, 0.29) is 0 Å². The first-order chi connectivity index (χ1) is 5.66. The van der Waals surface area contributed by atoms with E-state index in [0.717, 1.165) is 25.1 Å². The van der Waals surface area contributed by atoms with E-state index in [0.29, 0.717) is 0 Å². The standard InChI is InChI=1S/C9H17N3/c1-7-9(5-4-6-10)8(2)12(3)11-7/h4-6,10H2,1-3H3. The third-order valence-electron chi connectivity index (χ3n) is 2.29. The van der Waals surface area contributed by atoms with Gasteiger partial charge in [0.15, 0.2) is 0 Å². The fourth-order valence-corrected chi connectivity index (χ4v) is 1.46. The van der Waals surface area contributed by atoms with Crippen LogP contribution in [0.15, 0.2) is 0 Å². The molecule has 0 fully saturated rings. The molecule has 1 aromatic heterocycles. The zero-order valence-electron chi connectivity index (χ0n) is 8.09. The van der Waals surface area contributed by atoms with Crippen molar-refractivity contribution in [3.63, 3.8) is 0 Å². The molecular weight excluding hydrogens is 150 g/mol. The first-order valence-corrected chi connectivity index (χ1v) is 4.36. The van der Waals surface area contributed by atoms with Gasteiger partial charge in [0.05, 0.1) is 5.69 Å². The molecule has 0 radical (unpaired) electrons. The molecule has 1 heterocycles. The summed E-state index contributed by atoms with van der Waals surface area (Å²) < 4.78 is 1.93. The summed E-state index contributed by atoms with van der Waals surface area (Å²) >= 11 is 0. The van der Waals surface area contributed by atoms with Crippen LogP contribution in [0.25, 0.3) is 0 Å². The Bertz CT molecular complexity index is 263. The molecular formula is C9H17N3. The zero-order chi connectivity index (χ0) is 9.14. The van der Waals surface area contributed by atoms with Crippen LogP contribution >= 0.6 is 0 Å². The fourth-order valence-electron chi connectivity index (χ4n) is 1.46. The largest absolute Gasteiger partial charge is 0.330 e. The van der Waals surface area contributed by atoms with Crippen LogP contribution in [0, 0.1) is 13.8 Å². The van der Waals surface area contributed by atoms with Crippen molar-refractivity contribution in [1.82, 2.24) is 9.78 Å². The lowest BCUT2D eigenvalue weighted by atomic mass is 10.1. The van der Waals surface area contributed by atoms with Gasteiger partial charge in [0.2, 0.25) is 0 Å². The van der Waals surface area contributed by atoms with E-state index in [2.05, 4.69) is 18.9 Å². The topological polar surface area (TPSA) is 43.8 Å².